The molecule has 0 heterocycles. The van der Waals surface area contributed by atoms with Gasteiger partial charge in [-0.25, -0.2) is 0 Å². The highest BCUT2D eigenvalue weighted by Gasteiger charge is 2.16. The number of amides is 2. The van der Waals surface area contributed by atoms with Crippen LogP contribution in [0, 0.1) is 12.8 Å². The van der Waals surface area contributed by atoms with Gasteiger partial charge in [0.25, 0.3) is 11.8 Å². The first-order chi connectivity index (χ1) is 15.6. The summed E-state index contributed by atoms with van der Waals surface area (Å²) in [4.78, 5) is 24.9. The Kier molecular flexibility index (Phi) is 10.1. The standard InChI is InChI=1S/C24H30BrN3O4S/c1-14(2)12-31-20-9-7-17(25)11-19(20)23(30)26-24(33)28-27-22(29)13-32-21-10-16(5)6-8-18(21)15(3)4/h6-11,14-15H,12-13H2,1-5H3,(H,27,29)(H2,26,28,30,33). The van der Waals surface area contributed by atoms with E-state index in [1.807, 2.05) is 39.0 Å². The van der Waals surface area contributed by atoms with E-state index >= 15 is 0 Å². The Morgan fingerprint density at radius 1 is 1.00 bits per heavy atom. The molecule has 7 nitrogen and oxygen atoms in total. The second kappa shape index (κ2) is 12.6. The molecule has 0 bridgehead atoms. The van der Waals surface area contributed by atoms with Gasteiger partial charge in [-0.2, -0.15) is 0 Å². The first-order valence-electron chi connectivity index (χ1n) is 10.6. The van der Waals surface area contributed by atoms with Crippen LogP contribution >= 0.6 is 28.1 Å². The van der Waals surface area contributed by atoms with Crippen molar-refractivity contribution in [1.82, 2.24) is 16.2 Å². The van der Waals surface area contributed by atoms with Crippen LogP contribution in [-0.4, -0.2) is 30.1 Å². The van der Waals surface area contributed by atoms with Gasteiger partial charge in [-0.05, 0) is 66.4 Å². The number of hydrogen-bond donors (Lipinski definition) is 3. The number of benzene rings is 2. The fourth-order valence-corrected chi connectivity index (χ4v) is 3.32. The fourth-order valence-electron chi connectivity index (χ4n) is 2.81. The van der Waals surface area contributed by atoms with Gasteiger partial charge in [-0.1, -0.05) is 55.8 Å². The molecule has 0 aliphatic rings. The molecule has 0 unspecified atom stereocenters. The van der Waals surface area contributed by atoms with E-state index in [4.69, 9.17) is 21.7 Å². The summed E-state index contributed by atoms with van der Waals surface area (Å²) in [7, 11) is 0. The van der Waals surface area contributed by atoms with Crippen LogP contribution in [0.1, 0.15) is 55.1 Å². The summed E-state index contributed by atoms with van der Waals surface area (Å²) >= 11 is 8.49. The Hall–Kier alpha value is -2.65. The molecule has 33 heavy (non-hydrogen) atoms. The van der Waals surface area contributed by atoms with Crippen molar-refractivity contribution in [3.63, 3.8) is 0 Å². The maximum absolute atomic E-state index is 12.7. The predicted octanol–water partition coefficient (Wildman–Crippen LogP) is 4.63. The number of nitrogens with one attached hydrogen (secondary N) is 3. The molecule has 2 amide bonds. The topological polar surface area (TPSA) is 88.7 Å². The summed E-state index contributed by atoms with van der Waals surface area (Å²) < 4.78 is 12.2. The van der Waals surface area contributed by atoms with Gasteiger partial charge in [0.15, 0.2) is 11.7 Å². The molecular weight excluding hydrogens is 506 g/mol. The average molecular weight is 536 g/mol. The highest BCUT2D eigenvalue weighted by atomic mass is 79.9. The van der Waals surface area contributed by atoms with Crippen molar-refractivity contribution in [3.8, 4) is 11.5 Å². The Labute approximate surface area is 208 Å². The smallest absolute Gasteiger partial charge is 0.276 e. The number of rotatable bonds is 8. The van der Waals surface area contributed by atoms with Crippen LogP contribution in [0.15, 0.2) is 40.9 Å². The van der Waals surface area contributed by atoms with E-state index in [0.717, 1.165) is 15.6 Å². The van der Waals surface area contributed by atoms with E-state index in [9.17, 15) is 9.59 Å². The van der Waals surface area contributed by atoms with Gasteiger partial charge < -0.3 is 9.47 Å². The number of carbonyl (C=O) groups excluding carboxylic acids is 2. The molecule has 0 atom stereocenters. The van der Waals surface area contributed by atoms with Crippen molar-refractivity contribution in [2.24, 2.45) is 5.92 Å². The molecule has 3 N–H and O–H groups in total. The third-order valence-electron chi connectivity index (χ3n) is 4.45. The normalized spacial score (nSPS) is 10.7. The van der Waals surface area contributed by atoms with Crippen LogP contribution in [0.2, 0.25) is 0 Å². The summed E-state index contributed by atoms with van der Waals surface area (Å²) in [5.74, 6) is 0.784. The molecule has 178 valence electrons. The van der Waals surface area contributed by atoms with E-state index < -0.39 is 11.8 Å². The third kappa shape index (κ3) is 8.66. The highest BCUT2D eigenvalue weighted by molar-refractivity contribution is 9.10. The van der Waals surface area contributed by atoms with Gasteiger partial charge in [-0.15, -0.1) is 0 Å². The lowest BCUT2D eigenvalue weighted by molar-refractivity contribution is -0.123. The second-order valence-corrected chi connectivity index (χ2v) is 9.61. The van der Waals surface area contributed by atoms with E-state index in [1.54, 1.807) is 18.2 Å². The van der Waals surface area contributed by atoms with Gasteiger partial charge in [0, 0.05) is 4.47 Å². The number of carbonyl (C=O) groups is 2. The molecule has 0 saturated carbocycles. The molecule has 9 heteroatoms. The fraction of sp³-hybridized carbons (Fsp3) is 0.375. The van der Waals surface area contributed by atoms with Crippen LogP contribution in [0.25, 0.3) is 0 Å². The number of thiocarbonyl (C=S) groups is 1. The maximum Gasteiger partial charge on any atom is 0.276 e. The molecule has 2 aromatic carbocycles. The van der Waals surface area contributed by atoms with Crippen molar-refractivity contribution in [2.75, 3.05) is 13.2 Å². The monoisotopic (exact) mass is 535 g/mol. The Balaban J connectivity index is 1.89. The summed E-state index contributed by atoms with van der Waals surface area (Å²) in [5.41, 5.74) is 7.34. The van der Waals surface area contributed by atoms with Crippen LogP contribution in [-0.2, 0) is 4.79 Å². The number of hydrazine groups is 1. The number of hydrogen-bond acceptors (Lipinski definition) is 5. The van der Waals surface area contributed by atoms with Crippen LogP contribution in [0.5, 0.6) is 11.5 Å². The van der Waals surface area contributed by atoms with Crippen molar-refractivity contribution < 1.29 is 19.1 Å². The SMILES string of the molecule is Cc1ccc(C(C)C)c(OCC(=O)NNC(=S)NC(=O)c2cc(Br)ccc2OCC(C)C)c1. The molecule has 0 radical (unpaired) electrons. The molecule has 0 aliphatic carbocycles. The molecule has 0 aliphatic heterocycles. The summed E-state index contributed by atoms with van der Waals surface area (Å²) in [5, 5.41) is 2.48. The summed E-state index contributed by atoms with van der Waals surface area (Å²) in [6.45, 7) is 10.4. The molecular formula is C24H30BrN3O4S. The van der Waals surface area contributed by atoms with Crippen LogP contribution < -0.4 is 25.6 Å². The second-order valence-electron chi connectivity index (χ2n) is 8.29. The molecule has 2 rings (SSSR count). The lowest BCUT2D eigenvalue weighted by atomic mass is 10.0. The highest BCUT2D eigenvalue weighted by Crippen LogP contribution is 2.27. The van der Waals surface area contributed by atoms with Crippen molar-refractivity contribution in [2.45, 2.75) is 40.5 Å². The molecule has 0 saturated heterocycles. The van der Waals surface area contributed by atoms with E-state index in [0.29, 0.717) is 29.6 Å². The Morgan fingerprint density at radius 2 is 1.73 bits per heavy atom. The zero-order valence-corrected chi connectivity index (χ0v) is 21.9. The predicted molar refractivity (Wildman–Crippen MR) is 137 cm³/mol. The number of ether oxygens (including phenoxy) is 2. The van der Waals surface area contributed by atoms with E-state index in [1.165, 1.54) is 0 Å². The first kappa shape index (κ1) is 26.6. The number of halogens is 1. The molecule has 2 aromatic rings. The zero-order chi connectivity index (χ0) is 24.5. The average Bonchev–Trinajstić information content (AvgIpc) is 2.75. The molecule has 0 aromatic heterocycles. The van der Waals surface area contributed by atoms with Crippen molar-refractivity contribution >= 4 is 45.1 Å². The minimum atomic E-state index is -0.459. The van der Waals surface area contributed by atoms with E-state index in [-0.39, 0.29) is 17.6 Å². The lowest BCUT2D eigenvalue weighted by Gasteiger charge is -2.16. The Morgan fingerprint density at radius 3 is 2.39 bits per heavy atom. The van der Waals surface area contributed by atoms with Crippen LogP contribution in [0.3, 0.4) is 0 Å². The molecule has 0 fully saturated rings. The summed E-state index contributed by atoms with van der Waals surface area (Å²) in [6, 6.07) is 11.1. The largest absolute Gasteiger partial charge is 0.492 e. The molecule has 0 spiro atoms. The van der Waals surface area contributed by atoms with E-state index in [2.05, 4.69) is 45.9 Å². The van der Waals surface area contributed by atoms with Gasteiger partial charge in [-0.3, -0.25) is 25.8 Å². The quantitative estimate of drug-likeness (QED) is 0.337. The lowest BCUT2D eigenvalue weighted by Crippen LogP contribution is -2.49. The van der Waals surface area contributed by atoms with Gasteiger partial charge in [0.05, 0.1) is 12.2 Å². The number of aryl methyl sites for hydroxylation is 1. The first-order valence-corrected chi connectivity index (χ1v) is 11.8. The van der Waals surface area contributed by atoms with Crippen molar-refractivity contribution in [3.05, 3.63) is 57.6 Å². The Bertz CT molecular complexity index is 1010. The van der Waals surface area contributed by atoms with Crippen molar-refractivity contribution in [1.29, 1.82) is 0 Å². The maximum atomic E-state index is 12.7. The van der Waals surface area contributed by atoms with Gasteiger partial charge >= 0.3 is 0 Å². The third-order valence-corrected chi connectivity index (χ3v) is 5.15. The van der Waals surface area contributed by atoms with Gasteiger partial charge in [0.2, 0.25) is 0 Å². The summed E-state index contributed by atoms with van der Waals surface area (Å²) in [6.07, 6.45) is 0. The minimum Gasteiger partial charge on any atom is -0.492 e. The van der Waals surface area contributed by atoms with Gasteiger partial charge in [0.1, 0.15) is 11.5 Å². The minimum absolute atomic E-state index is 0.0541. The van der Waals surface area contributed by atoms with Crippen LogP contribution in [0.4, 0.5) is 0 Å². The zero-order valence-electron chi connectivity index (χ0n) is 19.5.